The number of benzene rings is 1. The van der Waals surface area contributed by atoms with E-state index in [2.05, 4.69) is 35.7 Å². The molecule has 11 heteroatoms. The van der Waals surface area contributed by atoms with E-state index in [0.717, 1.165) is 33.9 Å². The van der Waals surface area contributed by atoms with Gasteiger partial charge in [0, 0.05) is 54.9 Å². The highest BCUT2D eigenvalue weighted by Crippen LogP contribution is 2.32. The highest BCUT2D eigenvalue weighted by molar-refractivity contribution is 6.30. The molecule has 172 valence electrons. The van der Waals surface area contributed by atoms with Gasteiger partial charge in [-0.2, -0.15) is 10.2 Å². The van der Waals surface area contributed by atoms with E-state index in [-0.39, 0.29) is 0 Å². The second kappa shape index (κ2) is 8.33. The normalized spacial score (nSPS) is 11.3. The molecule has 0 saturated heterocycles. The molecule has 0 atom stereocenters. The fourth-order valence-corrected chi connectivity index (χ4v) is 4.11. The summed E-state index contributed by atoms with van der Waals surface area (Å²) < 4.78 is 5.39. The molecule has 6 rings (SSSR count). The van der Waals surface area contributed by atoms with Crippen LogP contribution in [0.4, 0.5) is 11.8 Å². The van der Waals surface area contributed by atoms with Crippen molar-refractivity contribution in [3.63, 3.8) is 0 Å². The van der Waals surface area contributed by atoms with Crippen LogP contribution in [0.1, 0.15) is 0 Å². The molecule has 5 heterocycles. The fraction of sp³-hybridized carbons (Fsp3) is 0.0833. The number of aromatic nitrogens is 9. The van der Waals surface area contributed by atoms with E-state index in [1.54, 1.807) is 21.8 Å². The number of anilines is 2. The Balaban J connectivity index is 1.37. The van der Waals surface area contributed by atoms with Crippen LogP contribution in [-0.4, -0.2) is 44.1 Å². The van der Waals surface area contributed by atoms with Crippen molar-refractivity contribution in [3.8, 4) is 33.9 Å². The van der Waals surface area contributed by atoms with Crippen LogP contribution in [-0.2, 0) is 14.1 Å². The molecular formula is C24H19ClN10. The third-order valence-electron chi connectivity index (χ3n) is 5.60. The molecule has 0 saturated carbocycles. The third-order valence-corrected chi connectivity index (χ3v) is 5.83. The highest BCUT2D eigenvalue weighted by Gasteiger charge is 2.18. The van der Waals surface area contributed by atoms with Gasteiger partial charge in [0.05, 0.1) is 11.9 Å². The van der Waals surface area contributed by atoms with Gasteiger partial charge < -0.3 is 5.32 Å². The number of rotatable bonds is 5. The number of nitrogens with one attached hydrogen (secondary N) is 1. The summed E-state index contributed by atoms with van der Waals surface area (Å²) in [6, 6.07) is 15.3. The third kappa shape index (κ3) is 3.89. The molecule has 0 unspecified atom stereocenters. The fourth-order valence-electron chi connectivity index (χ4n) is 3.92. The van der Waals surface area contributed by atoms with E-state index in [4.69, 9.17) is 11.6 Å². The SMILES string of the molecule is Cn1cc(-c2cccc(Cl)c2)c(-c2nnc3cc(-c4ccnc(Nc5ccnn5C)n4)ccn23)n1. The molecule has 0 aliphatic carbocycles. The smallest absolute Gasteiger partial charge is 0.228 e. The summed E-state index contributed by atoms with van der Waals surface area (Å²) in [6.45, 7) is 0. The standard InChI is InChI=1S/C24H19ClN10/c1-33-14-18(15-4-3-5-17(25)12-15)22(32-33)23-31-30-21-13-16(8-11-35(21)23)19-6-9-26-24(28-19)29-20-7-10-27-34(20)2/h3-14H,1-2H3,(H,26,28,29). The predicted octanol–water partition coefficient (Wildman–Crippen LogP) is 4.38. The summed E-state index contributed by atoms with van der Waals surface area (Å²) in [5, 5.41) is 21.5. The Morgan fingerprint density at radius 1 is 0.943 bits per heavy atom. The van der Waals surface area contributed by atoms with Crippen LogP contribution in [0.5, 0.6) is 0 Å². The molecule has 5 aromatic heterocycles. The minimum atomic E-state index is 0.479. The minimum absolute atomic E-state index is 0.479. The van der Waals surface area contributed by atoms with Crippen LogP contribution in [0, 0.1) is 0 Å². The average Bonchev–Trinajstić information content (AvgIpc) is 3.57. The molecule has 0 amide bonds. The highest BCUT2D eigenvalue weighted by atomic mass is 35.5. The molecule has 0 fully saturated rings. The zero-order valence-corrected chi connectivity index (χ0v) is 19.6. The van der Waals surface area contributed by atoms with Gasteiger partial charge in [-0.3, -0.25) is 13.8 Å². The van der Waals surface area contributed by atoms with Crippen LogP contribution < -0.4 is 5.32 Å². The largest absolute Gasteiger partial charge is 0.309 e. The second-order valence-corrected chi connectivity index (χ2v) is 8.41. The number of hydrogen-bond donors (Lipinski definition) is 1. The van der Waals surface area contributed by atoms with Gasteiger partial charge in [0.15, 0.2) is 11.5 Å². The molecule has 35 heavy (non-hydrogen) atoms. The molecule has 0 spiro atoms. The first-order valence-electron chi connectivity index (χ1n) is 10.8. The molecule has 0 aliphatic rings. The molecular weight excluding hydrogens is 464 g/mol. The summed E-state index contributed by atoms with van der Waals surface area (Å²) in [7, 11) is 3.73. The lowest BCUT2D eigenvalue weighted by Crippen LogP contribution is -2.03. The topological polar surface area (TPSA) is 104 Å². The van der Waals surface area contributed by atoms with Crippen LogP contribution in [0.3, 0.4) is 0 Å². The molecule has 6 aromatic rings. The summed E-state index contributed by atoms with van der Waals surface area (Å²) in [5.41, 5.74) is 4.94. The molecule has 0 radical (unpaired) electrons. The lowest BCUT2D eigenvalue weighted by Gasteiger charge is -2.07. The lowest BCUT2D eigenvalue weighted by atomic mass is 10.1. The van der Waals surface area contributed by atoms with Gasteiger partial charge in [0.25, 0.3) is 0 Å². The van der Waals surface area contributed by atoms with Crippen LogP contribution in [0.25, 0.3) is 39.5 Å². The first-order valence-corrected chi connectivity index (χ1v) is 11.2. The first-order chi connectivity index (χ1) is 17.0. The van der Waals surface area contributed by atoms with Crippen molar-refractivity contribution >= 4 is 29.0 Å². The zero-order valence-electron chi connectivity index (χ0n) is 18.8. The van der Waals surface area contributed by atoms with Gasteiger partial charge in [-0.15, -0.1) is 10.2 Å². The maximum Gasteiger partial charge on any atom is 0.228 e. The van der Waals surface area contributed by atoms with Gasteiger partial charge in [-0.05, 0) is 35.9 Å². The van der Waals surface area contributed by atoms with Gasteiger partial charge in [0.1, 0.15) is 11.5 Å². The van der Waals surface area contributed by atoms with Crippen molar-refractivity contribution < 1.29 is 0 Å². The minimum Gasteiger partial charge on any atom is -0.309 e. The van der Waals surface area contributed by atoms with Crippen molar-refractivity contribution in [2.24, 2.45) is 14.1 Å². The monoisotopic (exact) mass is 482 g/mol. The Labute approximate surface area is 204 Å². The number of nitrogens with zero attached hydrogens (tertiary/aromatic N) is 9. The molecule has 1 N–H and O–H groups in total. The van der Waals surface area contributed by atoms with Crippen LogP contribution in [0.15, 0.2) is 73.3 Å². The summed E-state index contributed by atoms with van der Waals surface area (Å²) in [4.78, 5) is 8.96. The summed E-state index contributed by atoms with van der Waals surface area (Å²) in [5.74, 6) is 1.92. The number of fused-ring (bicyclic) bond motifs is 1. The lowest BCUT2D eigenvalue weighted by molar-refractivity contribution is 0.768. The van der Waals surface area contributed by atoms with Crippen LogP contribution in [0.2, 0.25) is 5.02 Å². The van der Waals surface area contributed by atoms with Gasteiger partial charge in [-0.1, -0.05) is 23.7 Å². The Bertz CT molecular complexity index is 1680. The number of halogens is 1. The quantitative estimate of drug-likeness (QED) is 0.388. The van der Waals surface area contributed by atoms with E-state index in [0.29, 0.717) is 22.4 Å². The average molecular weight is 483 g/mol. The van der Waals surface area contributed by atoms with Crippen molar-refractivity contribution in [2.45, 2.75) is 0 Å². The Morgan fingerprint density at radius 3 is 2.69 bits per heavy atom. The van der Waals surface area contributed by atoms with Gasteiger partial charge >= 0.3 is 0 Å². The van der Waals surface area contributed by atoms with E-state index in [1.807, 2.05) is 79.4 Å². The van der Waals surface area contributed by atoms with Crippen molar-refractivity contribution in [1.82, 2.24) is 44.1 Å². The maximum atomic E-state index is 6.23. The van der Waals surface area contributed by atoms with Crippen molar-refractivity contribution in [3.05, 3.63) is 78.3 Å². The van der Waals surface area contributed by atoms with E-state index < -0.39 is 0 Å². The maximum absolute atomic E-state index is 6.23. The summed E-state index contributed by atoms with van der Waals surface area (Å²) >= 11 is 6.23. The van der Waals surface area contributed by atoms with E-state index in [9.17, 15) is 0 Å². The van der Waals surface area contributed by atoms with Crippen molar-refractivity contribution in [2.75, 3.05) is 5.32 Å². The second-order valence-electron chi connectivity index (χ2n) is 7.97. The van der Waals surface area contributed by atoms with Gasteiger partial charge in [-0.25, -0.2) is 9.97 Å². The molecule has 0 bridgehead atoms. The van der Waals surface area contributed by atoms with Crippen molar-refractivity contribution in [1.29, 1.82) is 0 Å². The predicted molar refractivity (Wildman–Crippen MR) is 133 cm³/mol. The zero-order chi connectivity index (χ0) is 23.9. The van der Waals surface area contributed by atoms with E-state index in [1.165, 1.54) is 0 Å². The number of pyridine rings is 1. The number of hydrogen-bond acceptors (Lipinski definition) is 7. The molecule has 1 aromatic carbocycles. The molecule has 10 nitrogen and oxygen atoms in total. The Kier molecular flexibility index (Phi) is 5.00. The summed E-state index contributed by atoms with van der Waals surface area (Å²) in [6.07, 6.45) is 7.30. The molecule has 0 aliphatic heterocycles. The number of aryl methyl sites for hydroxylation is 2. The first kappa shape index (κ1) is 21.0. The van der Waals surface area contributed by atoms with E-state index >= 15 is 0 Å². The Hall–Kier alpha value is -4.57. The Morgan fingerprint density at radius 2 is 1.86 bits per heavy atom. The van der Waals surface area contributed by atoms with Crippen LogP contribution >= 0.6 is 11.6 Å². The van der Waals surface area contributed by atoms with Gasteiger partial charge in [0.2, 0.25) is 5.95 Å².